The zero-order chi connectivity index (χ0) is 17.8. The van der Waals surface area contributed by atoms with Gasteiger partial charge in [0.05, 0.1) is 5.69 Å². The van der Waals surface area contributed by atoms with Crippen molar-refractivity contribution in [3.8, 4) is 11.3 Å². The predicted octanol–water partition coefficient (Wildman–Crippen LogP) is 1.86. The Morgan fingerprint density at radius 3 is 2.54 bits per heavy atom. The molecular weight excluding hydrogens is 350 g/mol. The number of hydrogen-bond donors (Lipinski definition) is 0. The molecule has 3 aromatic rings. The third kappa shape index (κ3) is 3.63. The molecule has 0 atom stereocenters. The fourth-order valence-corrected chi connectivity index (χ4v) is 3.57. The molecule has 0 radical (unpaired) electrons. The first kappa shape index (κ1) is 16.8. The second kappa shape index (κ2) is 7.71. The molecule has 9 heteroatoms. The van der Waals surface area contributed by atoms with Crippen LogP contribution in [0.15, 0.2) is 36.8 Å². The van der Waals surface area contributed by atoms with E-state index in [0.29, 0.717) is 6.61 Å². The summed E-state index contributed by atoms with van der Waals surface area (Å²) >= 11 is 1.42. The highest BCUT2D eigenvalue weighted by atomic mass is 32.1. The Balaban J connectivity index is 1.43. The fourth-order valence-electron chi connectivity index (χ4n) is 2.84. The number of hydrogen-bond acceptors (Lipinski definition) is 9. The molecule has 0 N–H and O–H groups in total. The lowest BCUT2D eigenvalue weighted by Crippen LogP contribution is -2.47. The number of pyridine rings is 1. The van der Waals surface area contributed by atoms with E-state index in [1.54, 1.807) is 19.5 Å². The maximum atomic E-state index is 5.09. The van der Waals surface area contributed by atoms with E-state index in [4.69, 9.17) is 9.72 Å². The van der Waals surface area contributed by atoms with Crippen LogP contribution in [0.4, 0.5) is 11.1 Å². The molecule has 0 saturated carbocycles. The zero-order valence-corrected chi connectivity index (χ0v) is 15.3. The number of aromatic nitrogens is 5. The van der Waals surface area contributed by atoms with Crippen LogP contribution in [0.1, 0.15) is 5.82 Å². The van der Waals surface area contributed by atoms with Gasteiger partial charge in [0.2, 0.25) is 11.1 Å². The highest BCUT2D eigenvalue weighted by molar-refractivity contribution is 7.09. The van der Waals surface area contributed by atoms with E-state index >= 15 is 0 Å². The molecule has 26 heavy (non-hydrogen) atoms. The molecular formula is C17H19N7OS. The minimum Gasteiger partial charge on any atom is -0.377 e. The van der Waals surface area contributed by atoms with Gasteiger partial charge in [-0.15, -0.1) is 0 Å². The van der Waals surface area contributed by atoms with E-state index < -0.39 is 0 Å². The lowest BCUT2D eigenvalue weighted by atomic mass is 10.2. The largest absolute Gasteiger partial charge is 0.377 e. The van der Waals surface area contributed by atoms with E-state index in [0.717, 1.165) is 54.3 Å². The second-order valence-corrected chi connectivity index (χ2v) is 6.61. The van der Waals surface area contributed by atoms with Crippen molar-refractivity contribution in [3.05, 3.63) is 42.6 Å². The second-order valence-electron chi connectivity index (χ2n) is 5.88. The smallest absolute Gasteiger partial charge is 0.225 e. The van der Waals surface area contributed by atoms with Gasteiger partial charge < -0.3 is 14.5 Å². The summed E-state index contributed by atoms with van der Waals surface area (Å²) in [7, 11) is 1.65. The highest BCUT2D eigenvalue weighted by Crippen LogP contribution is 2.22. The molecule has 4 heterocycles. The van der Waals surface area contributed by atoms with Gasteiger partial charge in [0.1, 0.15) is 6.61 Å². The summed E-state index contributed by atoms with van der Waals surface area (Å²) in [5, 5.41) is 0.947. The van der Waals surface area contributed by atoms with E-state index in [2.05, 4.69) is 29.1 Å². The molecule has 0 aromatic carbocycles. The van der Waals surface area contributed by atoms with E-state index in [1.165, 1.54) is 11.5 Å². The van der Waals surface area contributed by atoms with Crippen molar-refractivity contribution in [3.63, 3.8) is 0 Å². The summed E-state index contributed by atoms with van der Waals surface area (Å²) in [6, 6.07) is 5.84. The molecule has 4 rings (SSSR count). The minimum absolute atomic E-state index is 0.450. The van der Waals surface area contributed by atoms with Gasteiger partial charge in [-0.2, -0.15) is 4.37 Å². The van der Waals surface area contributed by atoms with Crippen LogP contribution in [-0.4, -0.2) is 57.6 Å². The summed E-state index contributed by atoms with van der Waals surface area (Å²) in [6.07, 6.45) is 5.36. The Kier molecular flexibility index (Phi) is 4.98. The number of ether oxygens (including phenoxy) is 1. The van der Waals surface area contributed by atoms with E-state index in [9.17, 15) is 0 Å². The number of anilines is 2. The highest BCUT2D eigenvalue weighted by Gasteiger charge is 2.22. The van der Waals surface area contributed by atoms with Crippen LogP contribution >= 0.6 is 11.5 Å². The van der Waals surface area contributed by atoms with Gasteiger partial charge in [0.15, 0.2) is 5.82 Å². The normalized spacial score (nSPS) is 14.7. The molecule has 0 aliphatic carbocycles. The van der Waals surface area contributed by atoms with Crippen molar-refractivity contribution in [2.45, 2.75) is 6.61 Å². The lowest BCUT2D eigenvalue weighted by molar-refractivity contribution is 0.179. The van der Waals surface area contributed by atoms with Crippen LogP contribution < -0.4 is 9.80 Å². The van der Waals surface area contributed by atoms with Crippen LogP contribution in [0.25, 0.3) is 11.3 Å². The molecule has 0 spiro atoms. The van der Waals surface area contributed by atoms with Gasteiger partial charge in [-0.05, 0) is 18.2 Å². The molecule has 1 aliphatic rings. The quantitative estimate of drug-likeness (QED) is 0.674. The predicted molar refractivity (Wildman–Crippen MR) is 100 cm³/mol. The summed E-state index contributed by atoms with van der Waals surface area (Å²) in [5.41, 5.74) is 1.95. The molecule has 0 bridgehead atoms. The van der Waals surface area contributed by atoms with Crippen molar-refractivity contribution in [1.29, 1.82) is 0 Å². The Morgan fingerprint density at radius 2 is 1.77 bits per heavy atom. The maximum Gasteiger partial charge on any atom is 0.225 e. The van der Waals surface area contributed by atoms with Crippen LogP contribution in [0, 0.1) is 0 Å². The number of methoxy groups -OCH3 is 1. The van der Waals surface area contributed by atoms with E-state index in [1.807, 2.05) is 24.4 Å². The first-order valence-electron chi connectivity index (χ1n) is 8.38. The summed E-state index contributed by atoms with van der Waals surface area (Å²) in [4.78, 5) is 22.2. The Labute approximate surface area is 155 Å². The Bertz CT molecular complexity index is 849. The molecule has 1 saturated heterocycles. The summed E-state index contributed by atoms with van der Waals surface area (Å²) < 4.78 is 9.41. The lowest BCUT2D eigenvalue weighted by Gasteiger charge is -2.34. The van der Waals surface area contributed by atoms with Gasteiger partial charge in [-0.3, -0.25) is 4.98 Å². The summed E-state index contributed by atoms with van der Waals surface area (Å²) in [6.45, 7) is 3.87. The third-order valence-electron chi connectivity index (χ3n) is 4.18. The average Bonchev–Trinajstić information content (AvgIpc) is 3.18. The monoisotopic (exact) mass is 369 g/mol. The number of nitrogens with zero attached hydrogens (tertiary/aromatic N) is 7. The van der Waals surface area contributed by atoms with Gasteiger partial charge in [-0.1, -0.05) is 0 Å². The minimum atomic E-state index is 0.450. The van der Waals surface area contributed by atoms with Gasteiger partial charge in [-0.25, -0.2) is 15.0 Å². The molecule has 1 aliphatic heterocycles. The van der Waals surface area contributed by atoms with Gasteiger partial charge in [0.25, 0.3) is 0 Å². The molecule has 8 nitrogen and oxygen atoms in total. The van der Waals surface area contributed by atoms with Crippen LogP contribution in [0.3, 0.4) is 0 Å². The van der Waals surface area contributed by atoms with Crippen molar-refractivity contribution < 1.29 is 4.74 Å². The first-order chi connectivity index (χ1) is 12.8. The number of piperazine rings is 1. The van der Waals surface area contributed by atoms with Crippen molar-refractivity contribution in [2.75, 3.05) is 43.1 Å². The van der Waals surface area contributed by atoms with Crippen LogP contribution in [0.5, 0.6) is 0 Å². The first-order valence-corrected chi connectivity index (χ1v) is 9.15. The third-order valence-corrected chi connectivity index (χ3v) is 5.00. The standard InChI is InChI=1S/C17H19N7OS/c1-25-12-15-21-17(26-22-15)24-10-8-23(9-11-24)16-19-7-4-14(20-16)13-2-5-18-6-3-13/h2-7H,8-12H2,1H3. The zero-order valence-electron chi connectivity index (χ0n) is 14.4. The fraction of sp³-hybridized carbons (Fsp3) is 0.353. The van der Waals surface area contributed by atoms with Crippen molar-refractivity contribution in [2.24, 2.45) is 0 Å². The summed E-state index contributed by atoms with van der Waals surface area (Å²) in [5.74, 6) is 1.50. The molecule has 134 valence electrons. The Morgan fingerprint density at radius 1 is 1.00 bits per heavy atom. The molecule has 0 amide bonds. The maximum absolute atomic E-state index is 5.09. The van der Waals surface area contributed by atoms with Crippen molar-refractivity contribution in [1.82, 2.24) is 24.3 Å². The molecule has 0 unspecified atom stereocenters. The van der Waals surface area contributed by atoms with E-state index in [-0.39, 0.29) is 0 Å². The van der Waals surface area contributed by atoms with Crippen LogP contribution in [-0.2, 0) is 11.3 Å². The Hall–Kier alpha value is -2.65. The molecule has 3 aromatic heterocycles. The molecule has 1 fully saturated rings. The van der Waals surface area contributed by atoms with Crippen LogP contribution in [0.2, 0.25) is 0 Å². The SMILES string of the molecule is COCc1nsc(N2CCN(c3nccc(-c4ccncc4)n3)CC2)n1. The number of rotatable bonds is 5. The van der Waals surface area contributed by atoms with Gasteiger partial charge >= 0.3 is 0 Å². The van der Waals surface area contributed by atoms with Crippen molar-refractivity contribution >= 4 is 22.6 Å². The topological polar surface area (TPSA) is 80.2 Å². The van der Waals surface area contributed by atoms with Gasteiger partial charge in [0, 0.05) is 69.0 Å². The average molecular weight is 369 g/mol.